The number of hydrogen-bond acceptors (Lipinski definition) is 3. The maximum absolute atomic E-state index is 11.0. The molecule has 0 aliphatic heterocycles. The van der Waals surface area contributed by atoms with Crippen LogP contribution in [0.5, 0.6) is 0 Å². The number of carbonyl (C=O) groups excluding carboxylic acids is 1. The summed E-state index contributed by atoms with van der Waals surface area (Å²) in [6.07, 6.45) is 4.87. The molecule has 0 atom stereocenters. The molecule has 0 fully saturated rings. The van der Waals surface area contributed by atoms with Crippen LogP contribution in [0.2, 0.25) is 0 Å². The van der Waals surface area contributed by atoms with Crippen molar-refractivity contribution >= 4 is 17.1 Å². The smallest absolute Gasteiger partial charge is 0.339 e. The molecule has 1 aliphatic rings. The molecule has 4 rings (SSSR count). The standard InChI is InChI=1S/C14H12N5O/c15-14(20)19-5-4-10(18-19)13-16-11-6-8-2-1-3-9(8)7-12(11)17-13/h5-7H,1-3H2,(H2,15,20)(H,16,17). The van der Waals surface area contributed by atoms with Crippen LogP contribution in [0.3, 0.4) is 0 Å². The minimum absolute atomic E-state index is 0.486. The number of hydrogen-bond donors (Lipinski definition) is 2. The van der Waals surface area contributed by atoms with Gasteiger partial charge in [-0.15, -0.1) is 0 Å². The summed E-state index contributed by atoms with van der Waals surface area (Å²) in [7, 11) is 0. The number of fused-ring (bicyclic) bond motifs is 2. The highest BCUT2D eigenvalue weighted by Gasteiger charge is 2.15. The van der Waals surface area contributed by atoms with Crippen LogP contribution < -0.4 is 5.73 Å². The van der Waals surface area contributed by atoms with E-state index in [1.54, 1.807) is 0 Å². The van der Waals surface area contributed by atoms with Crippen LogP contribution in [-0.2, 0) is 12.8 Å². The second-order valence-corrected chi connectivity index (χ2v) is 4.98. The molecule has 6 nitrogen and oxygen atoms in total. The number of aromatic amines is 1. The minimum atomic E-state index is -0.636. The minimum Gasteiger partial charge on any atom is -0.350 e. The van der Waals surface area contributed by atoms with Crippen LogP contribution in [-0.4, -0.2) is 25.8 Å². The third-order valence-electron chi connectivity index (χ3n) is 3.68. The van der Waals surface area contributed by atoms with E-state index in [0.29, 0.717) is 11.5 Å². The van der Waals surface area contributed by atoms with Crippen molar-refractivity contribution in [1.29, 1.82) is 0 Å². The highest BCUT2D eigenvalue weighted by molar-refractivity contribution is 5.81. The molecule has 1 aliphatic carbocycles. The fourth-order valence-corrected chi connectivity index (χ4v) is 2.71. The Morgan fingerprint density at radius 3 is 2.90 bits per heavy atom. The van der Waals surface area contributed by atoms with E-state index in [2.05, 4.69) is 33.3 Å². The second kappa shape index (κ2) is 3.93. The summed E-state index contributed by atoms with van der Waals surface area (Å²) in [4.78, 5) is 18.8. The number of imidazole rings is 1. The fourth-order valence-electron chi connectivity index (χ4n) is 2.71. The van der Waals surface area contributed by atoms with Gasteiger partial charge in [-0.25, -0.2) is 9.78 Å². The average molecular weight is 266 g/mol. The normalized spacial score (nSPS) is 13.8. The monoisotopic (exact) mass is 266 g/mol. The van der Waals surface area contributed by atoms with Crippen LogP contribution >= 0.6 is 0 Å². The lowest BCUT2D eigenvalue weighted by Gasteiger charge is -1.96. The van der Waals surface area contributed by atoms with Crippen molar-refractivity contribution in [3.05, 3.63) is 35.5 Å². The second-order valence-electron chi connectivity index (χ2n) is 4.98. The molecule has 20 heavy (non-hydrogen) atoms. The molecule has 0 saturated heterocycles. The molecule has 2 heterocycles. The molecule has 1 radical (unpaired) electrons. The van der Waals surface area contributed by atoms with Gasteiger partial charge in [0.25, 0.3) is 0 Å². The van der Waals surface area contributed by atoms with Crippen molar-refractivity contribution in [1.82, 2.24) is 19.7 Å². The zero-order valence-electron chi connectivity index (χ0n) is 10.7. The number of carbonyl (C=O) groups is 1. The molecule has 0 unspecified atom stereocenters. The van der Waals surface area contributed by atoms with Gasteiger partial charge in [-0.3, -0.25) is 0 Å². The SMILES string of the molecule is NC(=O)n1c[c]c(-c2nc3cc4c(cc3[nH]2)CCC4)n1. The lowest BCUT2D eigenvalue weighted by atomic mass is 10.1. The molecule has 1 amide bonds. The van der Waals surface area contributed by atoms with Gasteiger partial charge < -0.3 is 10.7 Å². The lowest BCUT2D eigenvalue weighted by Crippen LogP contribution is -2.19. The van der Waals surface area contributed by atoms with E-state index < -0.39 is 6.03 Å². The van der Waals surface area contributed by atoms with Gasteiger partial charge >= 0.3 is 6.03 Å². The summed E-state index contributed by atoms with van der Waals surface area (Å²) in [5.41, 5.74) is 10.3. The predicted octanol–water partition coefficient (Wildman–Crippen LogP) is 1.64. The number of H-pyrrole nitrogens is 1. The number of aromatic nitrogens is 4. The van der Waals surface area contributed by atoms with Crippen molar-refractivity contribution in [2.24, 2.45) is 5.73 Å². The topological polar surface area (TPSA) is 89.6 Å². The Morgan fingerprint density at radius 2 is 2.15 bits per heavy atom. The van der Waals surface area contributed by atoms with Crippen LogP contribution in [0.15, 0.2) is 18.3 Å². The Bertz CT molecular complexity index is 788. The first-order valence-corrected chi connectivity index (χ1v) is 6.50. The number of amides is 1. The first kappa shape index (κ1) is 11.2. The van der Waals surface area contributed by atoms with Crippen LogP contribution in [0.1, 0.15) is 17.5 Å². The molecule has 99 valence electrons. The zero-order valence-corrected chi connectivity index (χ0v) is 10.7. The molecular formula is C14H12N5O. The van der Waals surface area contributed by atoms with Crippen molar-refractivity contribution in [3.8, 4) is 11.5 Å². The molecule has 3 aromatic rings. The summed E-state index contributed by atoms with van der Waals surface area (Å²) in [5.74, 6) is 0.601. The summed E-state index contributed by atoms with van der Waals surface area (Å²) in [6.45, 7) is 0. The summed E-state index contributed by atoms with van der Waals surface area (Å²) < 4.78 is 1.04. The van der Waals surface area contributed by atoms with Gasteiger partial charge in [0.2, 0.25) is 0 Å². The molecule has 0 saturated carbocycles. The predicted molar refractivity (Wildman–Crippen MR) is 73.2 cm³/mol. The van der Waals surface area contributed by atoms with Crippen LogP contribution in [0.25, 0.3) is 22.6 Å². The van der Waals surface area contributed by atoms with Crippen LogP contribution in [0, 0.1) is 6.07 Å². The van der Waals surface area contributed by atoms with E-state index in [1.807, 2.05) is 0 Å². The number of nitrogens with one attached hydrogen (secondary N) is 1. The van der Waals surface area contributed by atoms with E-state index >= 15 is 0 Å². The number of benzene rings is 1. The van der Waals surface area contributed by atoms with Crippen molar-refractivity contribution in [3.63, 3.8) is 0 Å². The molecule has 0 spiro atoms. The van der Waals surface area contributed by atoms with E-state index in [0.717, 1.165) is 28.6 Å². The number of rotatable bonds is 1. The number of aryl methyl sites for hydroxylation is 2. The van der Waals surface area contributed by atoms with Gasteiger partial charge in [-0.1, -0.05) is 0 Å². The lowest BCUT2D eigenvalue weighted by molar-refractivity contribution is 0.248. The average Bonchev–Trinajstić information content (AvgIpc) is 3.13. The Morgan fingerprint density at radius 1 is 1.35 bits per heavy atom. The van der Waals surface area contributed by atoms with E-state index in [-0.39, 0.29) is 0 Å². The summed E-state index contributed by atoms with van der Waals surface area (Å²) in [6, 6.07) is 6.52. The Kier molecular flexibility index (Phi) is 2.20. The van der Waals surface area contributed by atoms with Gasteiger partial charge in [0, 0.05) is 12.3 Å². The quantitative estimate of drug-likeness (QED) is 0.701. The van der Waals surface area contributed by atoms with Crippen molar-refractivity contribution in [2.45, 2.75) is 19.3 Å². The summed E-state index contributed by atoms with van der Waals surface area (Å²) >= 11 is 0. The zero-order chi connectivity index (χ0) is 13.7. The Labute approximate surface area is 114 Å². The van der Waals surface area contributed by atoms with E-state index in [1.165, 1.54) is 23.7 Å². The maximum Gasteiger partial charge on any atom is 0.339 e. The molecule has 1 aromatic carbocycles. The van der Waals surface area contributed by atoms with E-state index in [4.69, 9.17) is 5.73 Å². The van der Waals surface area contributed by atoms with E-state index in [9.17, 15) is 4.79 Å². The van der Waals surface area contributed by atoms with Gasteiger partial charge in [-0.05, 0) is 42.5 Å². The third-order valence-corrected chi connectivity index (χ3v) is 3.68. The Hall–Kier alpha value is -2.63. The van der Waals surface area contributed by atoms with Crippen molar-refractivity contribution < 1.29 is 4.79 Å². The molecule has 0 bridgehead atoms. The molecule has 3 N–H and O–H groups in total. The van der Waals surface area contributed by atoms with Gasteiger partial charge in [0.15, 0.2) is 5.82 Å². The third kappa shape index (κ3) is 1.61. The van der Waals surface area contributed by atoms with Gasteiger partial charge in [-0.2, -0.15) is 9.78 Å². The highest BCUT2D eigenvalue weighted by atomic mass is 16.2. The number of nitrogens with zero attached hydrogens (tertiary/aromatic N) is 3. The number of primary amides is 1. The molecular weight excluding hydrogens is 254 g/mol. The van der Waals surface area contributed by atoms with Gasteiger partial charge in [0.1, 0.15) is 5.69 Å². The Balaban J connectivity index is 1.82. The van der Waals surface area contributed by atoms with Gasteiger partial charge in [0.05, 0.1) is 11.0 Å². The first-order chi connectivity index (χ1) is 9.70. The summed E-state index contributed by atoms with van der Waals surface area (Å²) in [5, 5.41) is 4.05. The van der Waals surface area contributed by atoms with Crippen LogP contribution in [0.4, 0.5) is 4.79 Å². The number of nitrogens with two attached hydrogens (primary N) is 1. The maximum atomic E-state index is 11.0. The molecule has 2 aromatic heterocycles. The molecule has 6 heteroatoms. The van der Waals surface area contributed by atoms with Crippen molar-refractivity contribution in [2.75, 3.05) is 0 Å². The highest BCUT2D eigenvalue weighted by Crippen LogP contribution is 2.27. The largest absolute Gasteiger partial charge is 0.350 e. The first-order valence-electron chi connectivity index (χ1n) is 6.50. The fraction of sp³-hybridized carbons (Fsp3) is 0.214.